The molecule has 0 amide bonds. The van der Waals surface area contributed by atoms with Crippen molar-refractivity contribution in [3.8, 4) is 0 Å². The van der Waals surface area contributed by atoms with Crippen LogP contribution in [0, 0.1) is 6.92 Å². The highest BCUT2D eigenvalue weighted by atomic mass is 16.4. The fraction of sp³-hybridized carbons (Fsp3) is 0.500. The summed E-state index contributed by atoms with van der Waals surface area (Å²) >= 11 is 0. The molecule has 0 aliphatic heterocycles. The molecular weight excluding hydrogens is 218 g/mol. The lowest BCUT2D eigenvalue weighted by Gasteiger charge is -2.08. The average molecular weight is 237 g/mol. The first-order chi connectivity index (χ1) is 8.09. The lowest BCUT2D eigenvalue weighted by atomic mass is 10.2. The van der Waals surface area contributed by atoms with Crippen molar-refractivity contribution in [2.75, 3.05) is 17.6 Å². The normalized spacial score (nSPS) is 10.2. The molecule has 0 spiro atoms. The molecule has 17 heavy (non-hydrogen) atoms. The van der Waals surface area contributed by atoms with Gasteiger partial charge < -0.3 is 16.2 Å². The number of carbonyl (C=O) groups is 1. The van der Waals surface area contributed by atoms with E-state index in [0.717, 1.165) is 25.1 Å². The lowest BCUT2D eigenvalue weighted by molar-refractivity contribution is -0.137. The number of pyridine rings is 1. The smallest absolute Gasteiger partial charge is 0.303 e. The number of aliphatic carboxylic acids is 1. The van der Waals surface area contributed by atoms with Gasteiger partial charge >= 0.3 is 5.97 Å². The molecule has 0 aliphatic carbocycles. The van der Waals surface area contributed by atoms with E-state index in [2.05, 4.69) is 10.3 Å². The third-order valence-corrected chi connectivity index (χ3v) is 2.43. The molecule has 0 aromatic carbocycles. The van der Waals surface area contributed by atoms with Crippen molar-refractivity contribution in [2.45, 2.75) is 32.6 Å². The van der Waals surface area contributed by atoms with E-state index < -0.39 is 5.97 Å². The molecule has 1 heterocycles. The second kappa shape index (κ2) is 6.73. The van der Waals surface area contributed by atoms with Crippen LogP contribution in [0.2, 0.25) is 0 Å². The number of nitrogens with zero attached hydrogens (tertiary/aromatic N) is 1. The zero-order chi connectivity index (χ0) is 12.7. The highest BCUT2D eigenvalue weighted by Gasteiger charge is 2.00. The van der Waals surface area contributed by atoms with Gasteiger partial charge in [-0.25, -0.2) is 4.98 Å². The number of nitrogens with two attached hydrogens (primary N) is 1. The average Bonchev–Trinajstić information content (AvgIpc) is 2.27. The summed E-state index contributed by atoms with van der Waals surface area (Å²) in [6.07, 6.45) is 2.77. The first-order valence-corrected chi connectivity index (χ1v) is 5.78. The van der Waals surface area contributed by atoms with Gasteiger partial charge in [-0.05, 0) is 31.9 Å². The zero-order valence-electron chi connectivity index (χ0n) is 10.1. The second-order valence-electron chi connectivity index (χ2n) is 4.02. The minimum Gasteiger partial charge on any atom is -0.481 e. The first kappa shape index (κ1) is 13.3. The van der Waals surface area contributed by atoms with E-state index in [4.69, 9.17) is 10.8 Å². The SMILES string of the molecule is Cc1ccc(N)c(NCCCCCC(=O)O)n1. The maximum absolute atomic E-state index is 10.3. The molecule has 1 aromatic rings. The monoisotopic (exact) mass is 237 g/mol. The summed E-state index contributed by atoms with van der Waals surface area (Å²) in [5.74, 6) is -0.0224. The summed E-state index contributed by atoms with van der Waals surface area (Å²) in [5, 5.41) is 11.6. The fourth-order valence-corrected chi connectivity index (χ4v) is 1.49. The van der Waals surface area contributed by atoms with Gasteiger partial charge in [-0.1, -0.05) is 6.42 Å². The third-order valence-electron chi connectivity index (χ3n) is 2.43. The quantitative estimate of drug-likeness (QED) is 0.631. The van der Waals surface area contributed by atoms with Gasteiger partial charge in [0.15, 0.2) is 0 Å². The van der Waals surface area contributed by atoms with Crippen LogP contribution < -0.4 is 11.1 Å². The molecule has 0 bridgehead atoms. The predicted molar refractivity (Wildman–Crippen MR) is 68.0 cm³/mol. The Morgan fingerprint density at radius 2 is 2.18 bits per heavy atom. The molecule has 0 aliphatic rings. The van der Waals surface area contributed by atoms with E-state index >= 15 is 0 Å². The number of anilines is 2. The molecule has 0 saturated carbocycles. The van der Waals surface area contributed by atoms with Crippen LogP contribution in [0.1, 0.15) is 31.4 Å². The van der Waals surface area contributed by atoms with Gasteiger partial charge in [-0.15, -0.1) is 0 Å². The highest BCUT2D eigenvalue weighted by Crippen LogP contribution is 2.15. The van der Waals surface area contributed by atoms with Crippen molar-refractivity contribution in [3.05, 3.63) is 17.8 Å². The first-order valence-electron chi connectivity index (χ1n) is 5.78. The molecule has 1 rings (SSSR count). The van der Waals surface area contributed by atoms with E-state index in [9.17, 15) is 4.79 Å². The van der Waals surface area contributed by atoms with E-state index in [1.807, 2.05) is 19.1 Å². The van der Waals surface area contributed by atoms with Crippen LogP contribution in [0.15, 0.2) is 12.1 Å². The Labute approximate surface area is 101 Å². The van der Waals surface area contributed by atoms with Crippen molar-refractivity contribution < 1.29 is 9.90 Å². The largest absolute Gasteiger partial charge is 0.481 e. The van der Waals surface area contributed by atoms with Crippen LogP contribution in [-0.4, -0.2) is 22.6 Å². The summed E-state index contributed by atoms with van der Waals surface area (Å²) in [6, 6.07) is 3.70. The predicted octanol–water partition coefficient (Wildman–Crippen LogP) is 2.03. The standard InChI is InChI=1S/C12H19N3O2/c1-9-6-7-10(13)12(15-9)14-8-4-2-3-5-11(16)17/h6-7H,2-5,8,13H2,1H3,(H,14,15)(H,16,17). The van der Waals surface area contributed by atoms with E-state index in [1.54, 1.807) is 0 Å². The maximum atomic E-state index is 10.3. The molecule has 4 N–H and O–H groups in total. The topological polar surface area (TPSA) is 88.2 Å². The van der Waals surface area contributed by atoms with Crippen LogP contribution in [0.4, 0.5) is 11.5 Å². The van der Waals surface area contributed by atoms with Crippen molar-refractivity contribution in [2.24, 2.45) is 0 Å². The number of hydrogen-bond acceptors (Lipinski definition) is 4. The minimum absolute atomic E-state index is 0.241. The zero-order valence-corrected chi connectivity index (χ0v) is 10.1. The van der Waals surface area contributed by atoms with Crippen LogP contribution in [0.25, 0.3) is 0 Å². The Hall–Kier alpha value is -1.78. The third kappa shape index (κ3) is 5.19. The molecule has 1 aromatic heterocycles. The van der Waals surface area contributed by atoms with Gasteiger partial charge in [-0.3, -0.25) is 4.79 Å². The van der Waals surface area contributed by atoms with Crippen molar-refractivity contribution in [1.82, 2.24) is 4.98 Å². The molecule has 0 atom stereocenters. The fourth-order valence-electron chi connectivity index (χ4n) is 1.49. The Morgan fingerprint density at radius 1 is 1.41 bits per heavy atom. The van der Waals surface area contributed by atoms with Gasteiger partial charge in [0, 0.05) is 18.7 Å². The summed E-state index contributed by atoms with van der Waals surface area (Å²) in [6.45, 7) is 2.68. The number of rotatable bonds is 7. The Balaban J connectivity index is 2.22. The highest BCUT2D eigenvalue weighted by molar-refractivity contribution is 5.66. The summed E-state index contributed by atoms with van der Waals surface area (Å²) in [4.78, 5) is 14.6. The lowest BCUT2D eigenvalue weighted by Crippen LogP contribution is -2.07. The van der Waals surface area contributed by atoms with Crippen LogP contribution in [0.3, 0.4) is 0 Å². The van der Waals surface area contributed by atoms with Gasteiger partial charge in [0.1, 0.15) is 5.82 Å². The van der Waals surface area contributed by atoms with E-state index in [-0.39, 0.29) is 6.42 Å². The number of nitrogen functional groups attached to an aromatic ring is 1. The maximum Gasteiger partial charge on any atom is 0.303 e. The molecule has 5 heteroatoms. The van der Waals surface area contributed by atoms with Crippen molar-refractivity contribution in [1.29, 1.82) is 0 Å². The Bertz CT molecular complexity index is 380. The number of hydrogen-bond donors (Lipinski definition) is 3. The van der Waals surface area contributed by atoms with E-state index in [1.165, 1.54) is 0 Å². The number of unbranched alkanes of at least 4 members (excludes halogenated alkanes) is 2. The van der Waals surface area contributed by atoms with Gasteiger partial charge in [0.25, 0.3) is 0 Å². The summed E-state index contributed by atoms with van der Waals surface area (Å²) in [7, 11) is 0. The molecule has 0 radical (unpaired) electrons. The number of carboxylic acid groups (broad SMARTS) is 1. The Morgan fingerprint density at radius 3 is 2.88 bits per heavy atom. The summed E-state index contributed by atoms with van der Waals surface area (Å²) in [5.41, 5.74) is 7.33. The number of aromatic nitrogens is 1. The number of aryl methyl sites for hydroxylation is 1. The number of nitrogens with one attached hydrogen (secondary N) is 1. The van der Waals surface area contributed by atoms with Gasteiger partial charge in [0.05, 0.1) is 5.69 Å². The van der Waals surface area contributed by atoms with Gasteiger partial charge in [0.2, 0.25) is 0 Å². The number of carboxylic acids is 1. The van der Waals surface area contributed by atoms with Crippen LogP contribution in [-0.2, 0) is 4.79 Å². The Kier molecular flexibility index (Phi) is 5.26. The van der Waals surface area contributed by atoms with Gasteiger partial charge in [-0.2, -0.15) is 0 Å². The molecule has 0 fully saturated rings. The second-order valence-corrected chi connectivity index (χ2v) is 4.02. The molecule has 94 valence electrons. The minimum atomic E-state index is -0.734. The van der Waals surface area contributed by atoms with Crippen LogP contribution >= 0.6 is 0 Å². The van der Waals surface area contributed by atoms with Crippen LogP contribution in [0.5, 0.6) is 0 Å². The van der Waals surface area contributed by atoms with Crippen molar-refractivity contribution in [3.63, 3.8) is 0 Å². The molecule has 0 unspecified atom stereocenters. The molecule has 0 saturated heterocycles. The van der Waals surface area contributed by atoms with E-state index in [0.29, 0.717) is 17.9 Å². The molecule has 5 nitrogen and oxygen atoms in total. The summed E-state index contributed by atoms with van der Waals surface area (Å²) < 4.78 is 0. The molecular formula is C12H19N3O2. The van der Waals surface area contributed by atoms with Crippen molar-refractivity contribution >= 4 is 17.5 Å².